The molecule has 5 nitrogen and oxygen atoms in total. The van der Waals surface area contributed by atoms with Crippen molar-refractivity contribution in [3.8, 4) is 16.9 Å². The van der Waals surface area contributed by atoms with Crippen LogP contribution in [0.2, 0.25) is 5.02 Å². The number of rotatable bonds is 6. The zero-order valence-corrected chi connectivity index (χ0v) is 16.4. The highest BCUT2D eigenvalue weighted by Crippen LogP contribution is 2.29. The lowest BCUT2D eigenvalue weighted by atomic mass is 10.1. The molecule has 140 valence electrons. The summed E-state index contributed by atoms with van der Waals surface area (Å²) in [4.78, 5) is 12.8. The van der Waals surface area contributed by atoms with E-state index in [2.05, 4.69) is 5.32 Å². The van der Waals surface area contributed by atoms with Crippen LogP contribution in [-0.4, -0.2) is 35.9 Å². The zero-order chi connectivity index (χ0) is 19.4. The first-order valence-corrected chi connectivity index (χ1v) is 9.09. The number of benzene rings is 2. The maximum absolute atomic E-state index is 12.8. The molecule has 0 saturated carbocycles. The van der Waals surface area contributed by atoms with Crippen molar-refractivity contribution in [2.45, 2.75) is 13.8 Å². The van der Waals surface area contributed by atoms with Gasteiger partial charge in [0.15, 0.2) is 0 Å². The van der Waals surface area contributed by atoms with Gasteiger partial charge in [0, 0.05) is 19.2 Å². The molecular weight excluding hydrogens is 362 g/mol. The van der Waals surface area contributed by atoms with E-state index in [1.165, 1.54) is 0 Å². The molecule has 0 radical (unpaired) electrons. The molecule has 3 aromatic rings. The molecular formula is C21H22ClN3O2. The van der Waals surface area contributed by atoms with Gasteiger partial charge >= 0.3 is 0 Å². The summed E-state index contributed by atoms with van der Waals surface area (Å²) in [5.74, 6) is -0.209. The Balaban J connectivity index is 2.11. The summed E-state index contributed by atoms with van der Waals surface area (Å²) in [7, 11) is 1.60. The third-order valence-corrected chi connectivity index (χ3v) is 4.61. The first-order chi connectivity index (χ1) is 13.0. The van der Waals surface area contributed by atoms with Crippen molar-refractivity contribution in [2.24, 2.45) is 0 Å². The number of nitrogens with one attached hydrogen (secondary N) is 1. The van der Waals surface area contributed by atoms with Gasteiger partial charge in [-0.25, -0.2) is 4.68 Å². The first-order valence-electron chi connectivity index (χ1n) is 8.71. The Bertz CT molecular complexity index is 966. The van der Waals surface area contributed by atoms with Gasteiger partial charge in [0.1, 0.15) is 5.69 Å². The van der Waals surface area contributed by atoms with E-state index < -0.39 is 0 Å². The first kappa shape index (κ1) is 19.1. The van der Waals surface area contributed by atoms with Crippen molar-refractivity contribution < 1.29 is 9.53 Å². The summed E-state index contributed by atoms with van der Waals surface area (Å²) in [5.41, 5.74) is 4.88. The van der Waals surface area contributed by atoms with Crippen molar-refractivity contribution in [1.29, 1.82) is 0 Å². The van der Waals surface area contributed by atoms with Crippen molar-refractivity contribution in [3.63, 3.8) is 0 Å². The molecule has 1 heterocycles. The third-order valence-electron chi connectivity index (χ3n) is 4.28. The van der Waals surface area contributed by atoms with Crippen LogP contribution in [-0.2, 0) is 4.74 Å². The molecule has 0 fully saturated rings. The number of aryl methyl sites for hydroxylation is 2. The van der Waals surface area contributed by atoms with E-state index in [0.717, 1.165) is 22.4 Å². The fourth-order valence-electron chi connectivity index (χ4n) is 2.83. The van der Waals surface area contributed by atoms with E-state index in [9.17, 15) is 4.79 Å². The highest BCUT2D eigenvalue weighted by atomic mass is 35.5. The van der Waals surface area contributed by atoms with Gasteiger partial charge < -0.3 is 10.1 Å². The Morgan fingerprint density at radius 1 is 1.19 bits per heavy atom. The number of halogens is 1. The van der Waals surface area contributed by atoms with E-state index in [-0.39, 0.29) is 5.91 Å². The molecule has 0 saturated heterocycles. The number of methoxy groups -OCH3 is 1. The predicted octanol–water partition coefficient (Wildman–Crippen LogP) is 4.19. The third kappa shape index (κ3) is 4.21. The summed E-state index contributed by atoms with van der Waals surface area (Å²) >= 11 is 6.34. The second kappa shape index (κ2) is 8.37. The summed E-state index contributed by atoms with van der Waals surface area (Å²) < 4.78 is 6.70. The fourth-order valence-corrected chi connectivity index (χ4v) is 3.06. The van der Waals surface area contributed by atoms with Crippen LogP contribution in [0.25, 0.3) is 16.9 Å². The van der Waals surface area contributed by atoms with Gasteiger partial charge in [0.2, 0.25) is 0 Å². The molecule has 0 spiro atoms. The lowest BCUT2D eigenvalue weighted by molar-refractivity contribution is 0.0929. The van der Waals surface area contributed by atoms with E-state index >= 15 is 0 Å². The van der Waals surface area contributed by atoms with Gasteiger partial charge in [0.05, 0.1) is 23.0 Å². The average molecular weight is 384 g/mol. The summed E-state index contributed by atoms with van der Waals surface area (Å²) in [6.45, 7) is 4.88. The lowest BCUT2D eigenvalue weighted by Crippen LogP contribution is -2.29. The molecule has 1 N–H and O–H groups in total. The SMILES string of the molecule is COCCNC(=O)c1cc(-c2ccccc2Cl)nn1-c1cc(C)ccc1C. The smallest absolute Gasteiger partial charge is 0.270 e. The molecule has 0 unspecified atom stereocenters. The van der Waals surface area contributed by atoms with Crippen LogP contribution in [0, 0.1) is 13.8 Å². The Morgan fingerprint density at radius 2 is 1.96 bits per heavy atom. The molecule has 0 aliphatic rings. The molecule has 0 atom stereocenters. The fraction of sp³-hybridized carbons (Fsp3) is 0.238. The Labute approximate surface area is 163 Å². The second-order valence-corrected chi connectivity index (χ2v) is 6.75. The minimum absolute atomic E-state index is 0.209. The van der Waals surface area contributed by atoms with Gasteiger partial charge in [-0.3, -0.25) is 4.79 Å². The monoisotopic (exact) mass is 383 g/mol. The summed E-state index contributed by atoms with van der Waals surface area (Å²) in [6.07, 6.45) is 0. The maximum Gasteiger partial charge on any atom is 0.270 e. The van der Waals surface area contributed by atoms with Gasteiger partial charge in [-0.2, -0.15) is 5.10 Å². The standard InChI is InChI=1S/C21H22ClN3O2/c1-14-8-9-15(2)19(12-14)25-20(21(26)23-10-11-27-3)13-18(24-25)16-6-4-5-7-17(16)22/h4-9,12-13H,10-11H2,1-3H3,(H,23,26). The van der Waals surface area contributed by atoms with Crippen molar-refractivity contribution in [3.05, 3.63) is 70.4 Å². The summed E-state index contributed by atoms with van der Waals surface area (Å²) in [5, 5.41) is 8.16. The maximum atomic E-state index is 12.8. The number of amides is 1. The quantitative estimate of drug-likeness (QED) is 0.649. The van der Waals surface area contributed by atoms with Crippen LogP contribution in [0.5, 0.6) is 0 Å². The van der Waals surface area contributed by atoms with Gasteiger partial charge in [0.25, 0.3) is 5.91 Å². The van der Waals surface area contributed by atoms with Crippen molar-refractivity contribution >= 4 is 17.5 Å². The predicted molar refractivity (Wildman–Crippen MR) is 108 cm³/mol. The highest BCUT2D eigenvalue weighted by molar-refractivity contribution is 6.33. The number of carbonyl (C=O) groups excluding carboxylic acids is 1. The lowest BCUT2D eigenvalue weighted by Gasteiger charge is -2.11. The molecule has 0 aliphatic heterocycles. The van der Waals surface area contributed by atoms with Crippen LogP contribution < -0.4 is 5.32 Å². The molecule has 0 bridgehead atoms. The van der Waals surface area contributed by atoms with Gasteiger partial charge in [-0.15, -0.1) is 0 Å². The number of nitrogens with zero attached hydrogens (tertiary/aromatic N) is 2. The molecule has 3 rings (SSSR count). The molecule has 1 aromatic heterocycles. The Hall–Kier alpha value is -2.63. The van der Waals surface area contributed by atoms with Crippen LogP contribution in [0.15, 0.2) is 48.5 Å². The minimum Gasteiger partial charge on any atom is -0.383 e. The second-order valence-electron chi connectivity index (χ2n) is 6.35. The van der Waals surface area contributed by atoms with Crippen LogP contribution >= 0.6 is 11.6 Å². The largest absolute Gasteiger partial charge is 0.383 e. The van der Waals surface area contributed by atoms with Crippen LogP contribution in [0.3, 0.4) is 0 Å². The van der Waals surface area contributed by atoms with Crippen LogP contribution in [0.4, 0.5) is 0 Å². The van der Waals surface area contributed by atoms with Crippen molar-refractivity contribution in [2.75, 3.05) is 20.3 Å². The molecule has 0 aliphatic carbocycles. The van der Waals surface area contributed by atoms with E-state index in [1.54, 1.807) is 17.9 Å². The minimum atomic E-state index is -0.209. The average Bonchev–Trinajstić information content (AvgIpc) is 3.09. The Morgan fingerprint density at radius 3 is 2.70 bits per heavy atom. The topological polar surface area (TPSA) is 56.1 Å². The summed E-state index contributed by atoms with van der Waals surface area (Å²) in [6, 6.07) is 15.3. The van der Waals surface area contributed by atoms with Gasteiger partial charge in [-0.05, 0) is 43.2 Å². The van der Waals surface area contributed by atoms with Gasteiger partial charge in [-0.1, -0.05) is 41.9 Å². The van der Waals surface area contributed by atoms with E-state index in [0.29, 0.717) is 29.6 Å². The van der Waals surface area contributed by atoms with E-state index in [4.69, 9.17) is 21.4 Å². The normalized spacial score (nSPS) is 10.8. The molecule has 1 amide bonds. The number of aromatic nitrogens is 2. The zero-order valence-electron chi connectivity index (χ0n) is 15.6. The van der Waals surface area contributed by atoms with E-state index in [1.807, 2.05) is 56.3 Å². The highest BCUT2D eigenvalue weighted by Gasteiger charge is 2.19. The number of ether oxygens (including phenoxy) is 1. The Kier molecular flexibility index (Phi) is 5.94. The van der Waals surface area contributed by atoms with Crippen molar-refractivity contribution in [1.82, 2.24) is 15.1 Å². The number of hydrogen-bond donors (Lipinski definition) is 1. The number of hydrogen-bond acceptors (Lipinski definition) is 3. The molecule has 2 aromatic carbocycles. The number of carbonyl (C=O) groups is 1. The molecule has 27 heavy (non-hydrogen) atoms. The molecule has 6 heteroatoms. The van der Waals surface area contributed by atoms with Crippen LogP contribution in [0.1, 0.15) is 21.6 Å².